The Kier molecular flexibility index (Phi) is 3.88. The number of nitrogens with two attached hydrogens (primary N) is 1. The summed E-state index contributed by atoms with van der Waals surface area (Å²) in [6, 6.07) is 2.35. The summed E-state index contributed by atoms with van der Waals surface area (Å²) in [6.45, 7) is 5.99. The van der Waals surface area contributed by atoms with E-state index in [1.54, 1.807) is 0 Å². The van der Waals surface area contributed by atoms with E-state index in [0.717, 1.165) is 36.2 Å². The Morgan fingerprint density at radius 2 is 2.10 bits per heavy atom. The van der Waals surface area contributed by atoms with Gasteiger partial charge in [-0.1, -0.05) is 6.42 Å². The van der Waals surface area contributed by atoms with Gasteiger partial charge < -0.3 is 16.4 Å². The molecule has 1 atom stereocenters. The van der Waals surface area contributed by atoms with Crippen molar-refractivity contribution in [2.45, 2.75) is 39.2 Å². The quantitative estimate of drug-likeness (QED) is 0.780. The molecular formula is C15H22N6. The Balaban J connectivity index is 1.92. The van der Waals surface area contributed by atoms with Gasteiger partial charge in [-0.05, 0) is 44.9 Å². The van der Waals surface area contributed by atoms with Crippen LogP contribution in [0, 0.1) is 13.8 Å². The molecule has 2 aromatic heterocycles. The lowest BCUT2D eigenvalue weighted by atomic mass is 10.1. The molecular weight excluding hydrogens is 264 g/mol. The van der Waals surface area contributed by atoms with Crippen molar-refractivity contribution < 1.29 is 0 Å². The molecule has 3 rings (SSSR count). The van der Waals surface area contributed by atoms with Crippen molar-refractivity contribution in [2.24, 2.45) is 0 Å². The number of aromatic nitrogens is 3. The number of hydrogen-bond donors (Lipinski definition) is 3. The van der Waals surface area contributed by atoms with Crippen molar-refractivity contribution in [3.8, 4) is 0 Å². The van der Waals surface area contributed by atoms with Gasteiger partial charge in [0.2, 0.25) is 5.95 Å². The van der Waals surface area contributed by atoms with Gasteiger partial charge in [-0.15, -0.1) is 0 Å². The molecule has 0 saturated carbocycles. The Labute approximate surface area is 124 Å². The second-order valence-electron chi connectivity index (χ2n) is 5.75. The molecule has 0 bridgehead atoms. The summed E-state index contributed by atoms with van der Waals surface area (Å²) in [5, 5.41) is 7.66. The maximum atomic E-state index is 6.10. The molecule has 1 aliphatic heterocycles. The summed E-state index contributed by atoms with van der Waals surface area (Å²) < 4.78 is 0. The van der Waals surface area contributed by atoms with Crippen LogP contribution in [0.25, 0.3) is 11.0 Å². The van der Waals surface area contributed by atoms with Gasteiger partial charge in [0.15, 0.2) is 5.65 Å². The third kappa shape index (κ3) is 3.05. The summed E-state index contributed by atoms with van der Waals surface area (Å²) in [4.78, 5) is 13.4. The molecule has 3 heterocycles. The van der Waals surface area contributed by atoms with Gasteiger partial charge in [0.05, 0.1) is 5.39 Å². The molecule has 1 aliphatic rings. The highest BCUT2D eigenvalue weighted by Gasteiger charge is 2.15. The van der Waals surface area contributed by atoms with Crippen LogP contribution in [0.3, 0.4) is 0 Å². The smallest absolute Gasteiger partial charge is 0.226 e. The van der Waals surface area contributed by atoms with Crippen LogP contribution < -0.4 is 16.4 Å². The fourth-order valence-corrected chi connectivity index (χ4v) is 2.90. The molecule has 0 spiro atoms. The van der Waals surface area contributed by atoms with Crippen LogP contribution in [0.1, 0.15) is 30.5 Å². The zero-order valence-electron chi connectivity index (χ0n) is 12.6. The molecule has 1 fully saturated rings. The number of nitrogens with one attached hydrogen (secondary N) is 2. The molecule has 0 amide bonds. The van der Waals surface area contributed by atoms with Crippen LogP contribution in [0.4, 0.5) is 11.8 Å². The monoisotopic (exact) mass is 286 g/mol. The highest BCUT2D eigenvalue weighted by Crippen LogP contribution is 2.23. The minimum absolute atomic E-state index is 0.343. The molecule has 0 radical (unpaired) electrons. The minimum Gasteiger partial charge on any atom is -0.383 e. The second kappa shape index (κ2) is 5.81. The lowest BCUT2D eigenvalue weighted by Gasteiger charge is -2.17. The first-order chi connectivity index (χ1) is 10.1. The summed E-state index contributed by atoms with van der Waals surface area (Å²) in [6.07, 6.45) is 3.55. The van der Waals surface area contributed by atoms with Gasteiger partial charge in [0.1, 0.15) is 5.82 Å². The molecule has 0 aliphatic carbocycles. The van der Waals surface area contributed by atoms with E-state index in [1.807, 2.05) is 19.9 Å². The first-order valence-electron chi connectivity index (χ1n) is 7.52. The van der Waals surface area contributed by atoms with E-state index >= 15 is 0 Å². The van der Waals surface area contributed by atoms with Gasteiger partial charge in [-0.2, -0.15) is 9.97 Å². The van der Waals surface area contributed by atoms with Crippen molar-refractivity contribution >= 4 is 22.8 Å². The second-order valence-corrected chi connectivity index (χ2v) is 5.75. The van der Waals surface area contributed by atoms with E-state index in [0.29, 0.717) is 23.5 Å². The average molecular weight is 286 g/mol. The van der Waals surface area contributed by atoms with Crippen LogP contribution in [0.2, 0.25) is 0 Å². The van der Waals surface area contributed by atoms with Crippen LogP contribution in [0.15, 0.2) is 6.07 Å². The van der Waals surface area contributed by atoms with Crippen LogP contribution in [-0.4, -0.2) is 34.1 Å². The molecule has 21 heavy (non-hydrogen) atoms. The van der Waals surface area contributed by atoms with Gasteiger partial charge >= 0.3 is 0 Å². The number of pyridine rings is 1. The normalized spacial score (nSPS) is 19.4. The maximum absolute atomic E-state index is 6.10. The lowest BCUT2D eigenvalue weighted by Crippen LogP contribution is -2.31. The van der Waals surface area contributed by atoms with Gasteiger partial charge in [-0.3, -0.25) is 0 Å². The minimum atomic E-state index is 0.343. The van der Waals surface area contributed by atoms with Crippen molar-refractivity contribution in [1.82, 2.24) is 20.3 Å². The third-order valence-electron chi connectivity index (χ3n) is 3.90. The Morgan fingerprint density at radius 3 is 2.95 bits per heavy atom. The first kappa shape index (κ1) is 14.0. The Hall–Kier alpha value is -1.95. The predicted octanol–water partition coefficient (Wildman–Crippen LogP) is 1.78. The number of nitrogens with zero attached hydrogens (tertiary/aromatic N) is 3. The van der Waals surface area contributed by atoms with Crippen molar-refractivity contribution in [2.75, 3.05) is 24.1 Å². The number of hydrogen-bond acceptors (Lipinski definition) is 6. The third-order valence-corrected chi connectivity index (χ3v) is 3.90. The van der Waals surface area contributed by atoms with E-state index in [9.17, 15) is 0 Å². The highest BCUT2D eigenvalue weighted by molar-refractivity contribution is 5.89. The van der Waals surface area contributed by atoms with E-state index in [2.05, 4.69) is 25.6 Å². The molecule has 1 saturated heterocycles. The van der Waals surface area contributed by atoms with Crippen LogP contribution in [-0.2, 0) is 0 Å². The summed E-state index contributed by atoms with van der Waals surface area (Å²) >= 11 is 0. The lowest BCUT2D eigenvalue weighted by molar-refractivity contribution is 0.631. The predicted molar refractivity (Wildman–Crippen MR) is 85.4 cm³/mol. The van der Waals surface area contributed by atoms with Gasteiger partial charge in [0.25, 0.3) is 0 Å². The number of aryl methyl sites for hydroxylation is 2. The van der Waals surface area contributed by atoms with Crippen LogP contribution >= 0.6 is 0 Å². The average Bonchev–Trinajstić information content (AvgIpc) is 2.65. The van der Waals surface area contributed by atoms with E-state index in [4.69, 9.17) is 5.73 Å². The van der Waals surface area contributed by atoms with Gasteiger partial charge in [0, 0.05) is 18.3 Å². The highest BCUT2D eigenvalue weighted by atomic mass is 15.2. The topological polar surface area (TPSA) is 88.8 Å². The summed E-state index contributed by atoms with van der Waals surface area (Å²) in [5.41, 5.74) is 8.78. The fraction of sp³-hybridized carbons (Fsp3) is 0.533. The fourth-order valence-electron chi connectivity index (χ4n) is 2.90. The Bertz CT molecular complexity index is 646. The van der Waals surface area contributed by atoms with E-state index < -0.39 is 0 Å². The van der Waals surface area contributed by atoms with Gasteiger partial charge in [-0.25, -0.2) is 4.98 Å². The van der Waals surface area contributed by atoms with Crippen LogP contribution in [0.5, 0.6) is 0 Å². The van der Waals surface area contributed by atoms with Crippen molar-refractivity contribution in [3.05, 3.63) is 17.3 Å². The number of nitrogen functional groups attached to an aromatic ring is 1. The number of rotatable bonds is 2. The molecule has 0 unspecified atom stereocenters. The summed E-state index contributed by atoms with van der Waals surface area (Å²) in [5.74, 6) is 1.07. The zero-order chi connectivity index (χ0) is 14.8. The first-order valence-corrected chi connectivity index (χ1v) is 7.52. The summed E-state index contributed by atoms with van der Waals surface area (Å²) in [7, 11) is 0. The number of anilines is 2. The molecule has 6 heteroatoms. The molecule has 112 valence electrons. The molecule has 0 aromatic carbocycles. The zero-order valence-corrected chi connectivity index (χ0v) is 12.6. The van der Waals surface area contributed by atoms with Crippen molar-refractivity contribution in [1.29, 1.82) is 0 Å². The number of fused-ring (bicyclic) bond motifs is 1. The molecule has 2 aromatic rings. The molecule has 6 nitrogen and oxygen atoms in total. The van der Waals surface area contributed by atoms with Crippen molar-refractivity contribution in [3.63, 3.8) is 0 Å². The standard InChI is InChI=1S/C15H22N6/c1-9-7-10(2)18-14-12(9)13(16)20-15(21-14)19-11-5-3-4-6-17-8-11/h7,11,17H,3-6,8H2,1-2H3,(H3,16,18,19,20,21)/t11-/m0/s1. The molecule has 4 N–H and O–H groups in total. The van der Waals surface area contributed by atoms with E-state index in [1.165, 1.54) is 12.8 Å². The largest absolute Gasteiger partial charge is 0.383 e. The Morgan fingerprint density at radius 1 is 1.24 bits per heavy atom. The maximum Gasteiger partial charge on any atom is 0.226 e. The SMILES string of the molecule is Cc1cc(C)c2c(N)nc(N[C@H]3CCCCNC3)nc2n1. The van der Waals surface area contributed by atoms with E-state index in [-0.39, 0.29) is 0 Å².